The van der Waals surface area contributed by atoms with Gasteiger partial charge in [0.2, 0.25) is 0 Å². The first-order valence-corrected chi connectivity index (χ1v) is 4.48. The minimum Gasteiger partial charge on any atom is -0.207 e. The molecule has 0 heterocycles. The van der Waals surface area contributed by atoms with Gasteiger partial charge in [-0.1, -0.05) is 31.2 Å². The Morgan fingerprint density at radius 2 is 1.69 bits per heavy atom. The fourth-order valence-corrected chi connectivity index (χ4v) is 1.49. The Bertz CT molecular complexity index is 432. The number of hydrogen-bond acceptors (Lipinski definition) is 0. The molecule has 2 aromatic rings. The first kappa shape index (κ1) is 8.24. The highest BCUT2D eigenvalue weighted by Gasteiger charge is 1.96. The molecule has 1 heteroatoms. The molecule has 66 valence electrons. The van der Waals surface area contributed by atoms with Gasteiger partial charge in [-0.3, -0.25) is 0 Å². The first-order chi connectivity index (χ1) is 6.29. The van der Waals surface area contributed by atoms with Crippen molar-refractivity contribution in [3.63, 3.8) is 0 Å². The van der Waals surface area contributed by atoms with E-state index >= 15 is 0 Å². The van der Waals surface area contributed by atoms with Crippen LogP contribution in [0.25, 0.3) is 10.8 Å². The van der Waals surface area contributed by atoms with Gasteiger partial charge in [-0.25, -0.2) is 4.39 Å². The molecule has 0 spiro atoms. The van der Waals surface area contributed by atoms with Crippen LogP contribution in [0.1, 0.15) is 12.5 Å². The summed E-state index contributed by atoms with van der Waals surface area (Å²) in [5.74, 6) is -0.170. The molecule has 0 amide bonds. The van der Waals surface area contributed by atoms with Crippen molar-refractivity contribution in [2.24, 2.45) is 0 Å². The van der Waals surface area contributed by atoms with Crippen LogP contribution in [0.15, 0.2) is 36.4 Å². The van der Waals surface area contributed by atoms with Crippen molar-refractivity contribution in [1.29, 1.82) is 0 Å². The van der Waals surface area contributed by atoms with Crippen molar-refractivity contribution < 1.29 is 4.39 Å². The third-order valence-electron chi connectivity index (χ3n) is 2.27. The lowest BCUT2D eigenvalue weighted by atomic mass is 10.1. The van der Waals surface area contributed by atoms with Gasteiger partial charge in [0.05, 0.1) is 0 Å². The largest absolute Gasteiger partial charge is 0.207 e. The van der Waals surface area contributed by atoms with E-state index in [2.05, 4.69) is 13.0 Å². The lowest BCUT2D eigenvalue weighted by Gasteiger charge is -2.00. The highest BCUT2D eigenvalue weighted by molar-refractivity contribution is 5.83. The van der Waals surface area contributed by atoms with Gasteiger partial charge in [0.15, 0.2) is 0 Å². The van der Waals surface area contributed by atoms with E-state index in [1.54, 1.807) is 6.07 Å². The molecule has 0 unspecified atom stereocenters. The van der Waals surface area contributed by atoms with Gasteiger partial charge in [-0.15, -0.1) is 0 Å². The smallest absolute Gasteiger partial charge is 0.123 e. The normalized spacial score (nSPS) is 10.6. The van der Waals surface area contributed by atoms with Gasteiger partial charge in [0.1, 0.15) is 5.82 Å². The molecule has 2 aromatic carbocycles. The summed E-state index contributed by atoms with van der Waals surface area (Å²) in [5.41, 5.74) is 1.29. The average molecular weight is 174 g/mol. The molecule has 0 N–H and O–H groups in total. The third kappa shape index (κ3) is 1.55. The van der Waals surface area contributed by atoms with E-state index < -0.39 is 0 Å². The van der Waals surface area contributed by atoms with Crippen LogP contribution in [0.4, 0.5) is 4.39 Å². The van der Waals surface area contributed by atoms with Crippen LogP contribution in [0.5, 0.6) is 0 Å². The van der Waals surface area contributed by atoms with Crippen molar-refractivity contribution in [1.82, 2.24) is 0 Å². The Labute approximate surface area is 77.0 Å². The molecule has 0 saturated heterocycles. The Kier molecular flexibility index (Phi) is 2.01. The second kappa shape index (κ2) is 3.17. The van der Waals surface area contributed by atoms with Gasteiger partial charge in [-0.05, 0) is 34.9 Å². The average Bonchev–Trinajstić information content (AvgIpc) is 2.17. The fourth-order valence-electron chi connectivity index (χ4n) is 1.49. The van der Waals surface area contributed by atoms with Crippen molar-refractivity contribution in [2.75, 3.05) is 0 Å². The lowest BCUT2D eigenvalue weighted by molar-refractivity contribution is 0.630. The van der Waals surface area contributed by atoms with Crippen LogP contribution in [-0.4, -0.2) is 0 Å². The SMILES string of the molecule is CCc1ccc2cc(F)ccc2c1. The summed E-state index contributed by atoms with van der Waals surface area (Å²) in [7, 11) is 0. The molecule has 0 fully saturated rings. The summed E-state index contributed by atoms with van der Waals surface area (Å²) in [6.45, 7) is 2.12. The molecular formula is C12H11F. The molecule has 0 aliphatic heterocycles. The zero-order valence-corrected chi connectivity index (χ0v) is 7.55. The lowest BCUT2D eigenvalue weighted by Crippen LogP contribution is -1.81. The number of aryl methyl sites for hydroxylation is 1. The molecule has 0 radical (unpaired) electrons. The second-order valence-corrected chi connectivity index (χ2v) is 3.18. The van der Waals surface area contributed by atoms with Crippen molar-refractivity contribution >= 4 is 10.8 Å². The Morgan fingerprint density at radius 3 is 2.46 bits per heavy atom. The van der Waals surface area contributed by atoms with Crippen LogP contribution >= 0.6 is 0 Å². The number of halogens is 1. The van der Waals surface area contributed by atoms with Crippen LogP contribution in [-0.2, 0) is 6.42 Å². The molecule has 0 atom stereocenters. The van der Waals surface area contributed by atoms with E-state index in [0.717, 1.165) is 17.2 Å². The summed E-state index contributed by atoms with van der Waals surface area (Å²) in [6, 6.07) is 11.0. The predicted molar refractivity (Wildman–Crippen MR) is 53.3 cm³/mol. The second-order valence-electron chi connectivity index (χ2n) is 3.18. The predicted octanol–water partition coefficient (Wildman–Crippen LogP) is 3.54. The van der Waals surface area contributed by atoms with E-state index in [4.69, 9.17) is 0 Å². The van der Waals surface area contributed by atoms with Gasteiger partial charge in [-0.2, -0.15) is 0 Å². The molecule has 2 rings (SSSR count). The third-order valence-corrected chi connectivity index (χ3v) is 2.27. The first-order valence-electron chi connectivity index (χ1n) is 4.48. The molecule has 0 bridgehead atoms. The molecule has 0 nitrogen and oxygen atoms in total. The Hall–Kier alpha value is -1.37. The maximum atomic E-state index is 12.8. The van der Waals surface area contributed by atoms with Gasteiger partial charge in [0.25, 0.3) is 0 Å². The van der Waals surface area contributed by atoms with Crippen LogP contribution in [0, 0.1) is 5.82 Å². The van der Waals surface area contributed by atoms with Crippen molar-refractivity contribution in [3.05, 3.63) is 47.8 Å². The Balaban J connectivity index is 2.66. The monoisotopic (exact) mass is 174 g/mol. The van der Waals surface area contributed by atoms with E-state index in [1.165, 1.54) is 11.6 Å². The van der Waals surface area contributed by atoms with Crippen molar-refractivity contribution in [3.8, 4) is 0 Å². The van der Waals surface area contributed by atoms with E-state index in [1.807, 2.05) is 18.2 Å². The summed E-state index contributed by atoms with van der Waals surface area (Å²) in [5, 5.41) is 2.08. The number of benzene rings is 2. The summed E-state index contributed by atoms with van der Waals surface area (Å²) in [4.78, 5) is 0. The molecule has 0 aromatic heterocycles. The molecule has 0 aliphatic carbocycles. The number of rotatable bonds is 1. The summed E-state index contributed by atoms with van der Waals surface area (Å²) in [6.07, 6.45) is 1.02. The highest BCUT2D eigenvalue weighted by Crippen LogP contribution is 2.17. The van der Waals surface area contributed by atoms with E-state index in [-0.39, 0.29) is 5.82 Å². The Morgan fingerprint density at radius 1 is 1.00 bits per heavy atom. The maximum absolute atomic E-state index is 12.8. The topological polar surface area (TPSA) is 0 Å². The quantitative estimate of drug-likeness (QED) is 0.620. The number of hydrogen-bond donors (Lipinski definition) is 0. The molecule has 0 aliphatic rings. The zero-order chi connectivity index (χ0) is 9.26. The number of fused-ring (bicyclic) bond motifs is 1. The fraction of sp³-hybridized carbons (Fsp3) is 0.167. The van der Waals surface area contributed by atoms with E-state index in [9.17, 15) is 4.39 Å². The van der Waals surface area contributed by atoms with Crippen LogP contribution < -0.4 is 0 Å². The van der Waals surface area contributed by atoms with Crippen LogP contribution in [0.3, 0.4) is 0 Å². The standard InChI is InChI=1S/C12H11F/c1-2-9-3-4-11-8-12(13)6-5-10(11)7-9/h3-8H,2H2,1H3. The zero-order valence-electron chi connectivity index (χ0n) is 7.55. The highest BCUT2D eigenvalue weighted by atomic mass is 19.1. The molecular weight excluding hydrogens is 163 g/mol. The van der Waals surface area contributed by atoms with Gasteiger partial charge >= 0.3 is 0 Å². The molecule has 0 saturated carbocycles. The molecule has 13 heavy (non-hydrogen) atoms. The van der Waals surface area contributed by atoms with Gasteiger partial charge < -0.3 is 0 Å². The minimum atomic E-state index is -0.170. The van der Waals surface area contributed by atoms with E-state index in [0.29, 0.717) is 0 Å². The summed E-state index contributed by atoms with van der Waals surface area (Å²) < 4.78 is 12.8. The van der Waals surface area contributed by atoms with Gasteiger partial charge in [0, 0.05) is 0 Å². The van der Waals surface area contributed by atoms with Crippen LogP contribution in [0.2, 0.25) is 0 Å². The van der Waals surface area contributed by atoms with Crippen molar-refractivity contribution in [2.45, 2.75) is 13.3 Å². The summed E-state index contributed by atoms with van der Waals surface area (Å²) >= 11 is 0. The maximum Gasteiger partial charge on any atom is 0.123 e. The minimum absolute atomic E-state index is 0.170.